The average molecular weight is 404 g/mol. The zero-order chi connectivity index (χ0) is 21.3. The summed E-state index contributed by atoms with van der Waals surface area (Å²) in [6, 6.07) is 0. The monoisotopic (exact) mass is 403 g/mol. The first-order valence-corrected chi connectivity index (χ1v) is 10.5. The third-order valence-corrected chi connectivity index (χ3v) is 3.87. The predicted molar refractivity (Wildman–Crippen MR) is 109 cm³/mol. The average Bonchev–Trinajstić information content (AvgIpc) is 2.61. The minimum atomic E-state index is -0.502. The number of hydrogen-bond acceptors (Lipinski definition) is 6. The van der Waals surface area contributed by atoms with Crippen molar-refractivity contribution in [2.24, 2.45) is 0 Å². The minimum Gasteiger partial charge on any atom is -0.463 e. The van der Waals surface area contributed by atoms with Crippen LogP contribution in [0.4, 0.5) is 4.79 Å². The Bertz CT molecular complexity index is 408. The normalized spacial score (nSPS) is 11.3. The topological polar surface area (TPSA) is 74.3 Å². The molecule has 28 heavy (non-hydrogen) atoms. The van der Waals surface area contributed by atoms with Gasteiger partial charge in [0.15, 0.2) is 0 Å². The highest BCUT2D eigenvalue weighted by molar-refractivity contribution is 5.69. The van der Waals surface area contributed by atoms with Gasteiger partial charge in [0.25, 0.3) is 0 Å². The van der Waals surface area contributed by atoms with Crippen LogP contribution in [0.5, 0.6) is 0 Å². The largest absolute Gasteiger partial charge is 0.463 e. The van der Waals surface area contributed by atoms with Gasteiger partial charge in [-0.3, -0.25) is 4.79 Å². The summed E-state index contributed by atoms with van der Waals surface area (Å²) in [5.41, 5.74) is -0.502. The maximum absolute atomic E-state index is 11.8. The van der Waals surface area contributed by atoms with Gasteiger partial charge in [-0.05, 0) is 27.2 Å². The summed E-state index contributed by atoms with van der Waals surface area (Å²) in [6.07, 6.45) is 7.05. The van der Waals surface area contributed by atoms with Gasteiger partial charge in [0.1, 0.15) is 12.2 Å². The summed E-state index contributed by atoms with van der Waals surface area (Å²) in [4.78, 5) is 24.8. The highest BCUT2D eigenvalue weighted by atomic mass is 16.6. The molecule has 0 saturated carbocycles. The Balaban J connectivity index is 3.41. The first-order valence-electron chi connectivity index (χ1n) is 10.5. The Morgan fingerprint density at radius 1 is 0.821 bits per heavy atom. The Kier molecular flexibility index (Phi) is 15.8. The molecule has 1 amide bonds. The lowest BCUT2D eigenvalue weighted by atomic mass is 10.1. The van der Waals surface area contributed by atoms with Gasteiger partial charge in [0, 0.05) is 20.0 Å². The van der Waals surface area contributed by atoms with E-state index in [1.54, 1.807) is 7.05 Å². The number of carbonyl (C=O) groups excluding carboxylic acids is 2. The first kappa shape index (κ1) is 26.7. The zero-order valence-electron chi connectivity index (χ0n) is 18.6. The van der Waals surface area contributed by atoms with E-state index in [0.717, 1.165) is 12.8 Å². The second-order valence-corrected chi connectivity index (χ2v) is 7.86. The summed E-state index contributed by atoms with van der Waals surface area (Å²) in [6.45, 7) is 10.0. The number of hydrogen-bond donors (Lipinski definition) is 0. The summed E-state index contributed by atoms with van der Waals surface area (Å²) in [7, 11) is 1.67. The van der Waals surface area contributed by atoms with Crippen LogP contribution < -0.4 is 0 Å². The smallest absolute Gasteiger partial charge is 0.410 e. The number of amides is 1. The van der Waals surface area contributed by atoms with E-state index in [9.17, 15) is 9.59 Å². The van der Waals surface area contributed by atoms with Crippen LogP contribution >= 0.6 is 0 Å². The molecule has 0 radical (unpaired) electrons. The molecule has 0 aliphatic heterocycles. The van der Waals surface area contributed by atoms with Crippen LogP contribution in [0.3, 0.4) is 0 Å². The summed E-state index contributed by atoms with van der Waals surface area (Å²) >= 11 is 0. The number of nitrogens with zero attached hydrogens (tertiary/aromatic N) is 1. The molecule has 0 unspecified atom stereocenters. The van der Waals surface area contributed by atoms with Crippen molar-refractivity contribution in [2.75, 3.05) is 46.6 Å². The molecule has 0 bridgehead atoms. The van der Waals surface area contributed by atoms with E-state index in [1.165, 1.54) is 30.6 Å². The van der Waals surface area contributed by atoms with Crippen LogP contribution in [0.25, 0.3) is 0 Å². The molecule has 0 aliphatic carbocycles. The van der Waals surface area contributed by atoms with Crippen molar-refractivity contribution in [3.8, 4) is 0 Å². The second kappa shape index (κ2) is 16.6. The molecular formula is C21H41NO6. The van der Waals surface area contributed by atoms with Crippen molar-refractivity contribution in [3.05, 3.63) is 0 Å². The second-order valence-electron chi connectivity index (χ2n) is 7.86. The SMILES string of the molecule is CCCCCCCCC(=O)OCCOCCOCCN(C)C(=O)OC(C)(C)C. The maximum atomic E-state index is 11.8. The van der Waals surface area contributed by atoms with Gasteiger partial charge in [-0.15, -0.1) is 0 Å². The van der Waals surface area contributed by atoms with Crippen molar-refractivity contribution in [1.82, 2.24) is 4.90 Å². The van der Waals surface area contributed by atoms with Gasteiger partial charge in [0.2, 0.25) is 0 Å². The molecule has 0 fully saturated rings. The maximum Gasteiger partial charge on any atom is 0.410 e. The van der Waals surface area contributed by atoms with Gasteiger partial charge in [0.05, 0.1) is 26.4 Å². The van der Waals surface area contributed by atoms with Gasteiger partial charge < -0.3 is 23.8 Å². The predicted octanol–water partition coefficient (Wildman–Crippen LogP) is 4.18. The lowest BCUT2D eigenvalue weighted by molar-refractivity contribution is -0.145. The highest BCUT2D eigenvalue weighted by Gasteiger charge is 2.19. The number of likely N-dealkylation sites (N-methyl/N-ethyl adjacent to an activating group) is 1. The van der Waals surface area contributed by atoms with Crippen LogP contribution in [0.2, 0.25) is 0 Å². The molecule has 166 valence electrons. The molecule has 0 heterocycles. The van der Waals surface area contributed by atoms with Crippen LogP contribution in [0.15, 0.2) is 0 Å². The van der Waals surface area contributed by atoms with E-state index in [0.29, 0.717) is 39.4 Å². The van der Waals surface area contributed by atoms with Crippen LogP contribution in [-0.2, 0) is 23.7 Å². The molecule has 0 N–H and O–H groups in total. The van der Waals surface area contributed by atoms with Gasteiger partial charge in [-0.1, -0.05) is 39.0 Å². The van der Waals surface area contributed by atoms with Gasteiger partial charge in [-0.25, -0.2) is 4.79 Å². The highest BCUT2D eigenvalue weighted by Crippen LogP contribution is 2.09. The van der Waals surface area contributed by atoms with Crippen molar-refractivity contribution in [2.45, 2.75) is 78.2 Å². The number of unbranched alkanes of at least 4 members (excludes halogenated alkanes) is 5. The Labute approximate surface area is 171 Å². The lowest BCUT2D eigenvalue weighted by Gasteiger charge is -2.24. The number of ether oxygens (including phenoxy) is 4. The number of rotatable bonds is 16. The molecule has 0 aromatic carbocycles. The van der Waals surface area contributed by atoms with Crippen molar-refractivity contribution < 1.29 is 28.5 Å². The fourth-order valence-corrected chi connectivity index (χ4v) is 2.29. The van der Waals surface area contributed by atoms with E-state index in [1.807, 2.05) is 20.8 Å². The molecular weight excluding hydrogens is 362 g/mol. The third kappa shape index (κ3) is 18.0. The number of carbonyl (C=O) groups is 2. The third-order valence-electron chi connectivity index (χ3n) is 3.87. The van der Waals surface area contributed by atoms with Crippen LogP contribution in [0, 0.1) is 0 Å². The van der Waals surface area contributed by atoms with Crippen molar-refractivity contribution >= 4 is 12.1 Å². The Hall–Kier alpha value is -1.34. The molecule has 0 rings (SSSR count). The van der Waals surface area contributed by atoms with E-state index < -0.39 is 5.60 Å². The molecule has 7 heteroatoms. The molecule has 0 aliphatic rings. The zero-order valence-corrected chi connectivity index (χ0v) is 18.6. The van der Waals surface area contributed by atoms with Crippen molar-refractivity contribution in [1.29, 1.82) is 0 Å². The summed E-state index contributed by atoms with van der Waals surface area (Å²) < 4.78 is 21.2. The van der Waals surface area contributed by atoms with Crippen LogP contribution in [0.1, 0.15) is 72.6 Å². The molecule has 0 aromatic rings. The molecule has 0 aromatic heterocycles. The van der Waals surface area contributed by atoms with Crippen LogP contribution in [-0.4, -0.2) is 69.2 Å². The number of esters is 1. The minimum absolute atomic E-state index is 0.152. The van der Waals surface area contributed by atoms with Gasteiger partial charge in [-0.2, -0.15) is 0 Å². The van der Waals surface area contributed by atoms with Crippen molar-refractivity contribution in [3.63, 3.8) is 0 Å². The van der Waals surface area contributed by atoms with E-state index in [-0.39, 0.29) is 18.7 Å². The van der Waals surface area contributed by atoms with E-state index >= 15 is 0 Å². The molecule has 0 saturated heterocycles. The Morgan fingerprint density at radius 3 is 2.04 bits per heavy atom. The fourth-order valence-electron chi connectivity index (χ4n) is 2.29. The standard InChI is InChI=1S/C21H41NO6/c1-6-7-8-9-10-11-12-19(23)27-18-17-26-16-15-25-14-13-22(5)20(24)28-21(2,3)4/h6-18H2,1-5H3. The fraction of sp³-hybridized carbons (Fsp3) is 0.905. The van der Waals surface area contributed by atoms with E-state index in [4.69, 9.17) is 18.9 Å². The lowest BCUT2D eigenvalue weighted by Crippen LogP contribution is -2.36. The first-order chi connectivity index (χ1) is 13.3. The molecule has 7 nitrogen and oxygen atoms in total. The Morgan fingerprint density at radius 2 is 1.39 bits per heavy atom. The molecule has 0 spiro atoms. The van der Waals surface area contributed by atoms with E-state index in [2.05, 4.69) is 6.92 Å². The van der Waals surface area contributed by atoms with Gasteiger partial charge >= 0.3 is 12.1 Å². The summed E-state index contributed by atoms with van der Waals surface area (Å²) in [5, 5.41) is 0. The molecule has 0 atom stereocenters. The summed E-state index contributed by atoms with van der Waals surface area (Å²) in [5.74, 6) is -0.152. The quantitative estimate of drug-likeness (QED) is 0.284.